The maximum absolute atomic E-state index is 12.2. The fourth-order valence-corrected chi connectivity index (χ4v) is 2.67. The van der Waals surface area contributed by atoms with E-state index in [-0.39, 0.29) is 28.3 Å². The molecule has 0 spiro atoms. The molecule has 170 valence electrons. The van der Waals surface area contributed by atoms with E-state index < -0.39 is 21.7 Å². The average Bonchev–Trinajstić information content (AvgIpc) is 2.84. The van der Waals surface area contributed by atoms with Crippen LogP contribution in [-0.4, -0.2) is 27.9 Å². The number of carbonyl (C=O) groups is 2. The van der Waals surface area contributed by atoms with Crippen molar-refractivity contribution in [3.63, 3.8) is 0 Å². The Bertz CT molecular complexity index is 1290. The van der Waals surface area contributed by atoms with Gasteiger partial charge in [0, 0.05) is 41.5 Å². The standard InChI is InChI=1S/C23H16N4O7/c28-22(13-6-16-4-2-1-3-5-16)34-21-12-11-20(27(32)33)14-18(21)15-24-25-23(29)17-7-9-19(10-8-17)26(30)31/h1-15H,(H,25,29)/b13-6+,24-15+. The van der Waals surface area contributed by atoms with Crippen LogP contribution in [0.15, 0.2) is 84.0 Å². The van der Waals surface area contributed by atoms with Crippen LogP contribution in [0, 0.1) is 20.2 Å². The molecule has 0 aliphatic carbocycles. The Hall–Kier alpha value is -5.19. The van der Waals surface area contributed by atoms with Gasteiger partial charge in [-0.25, -0.2) is 10.2 Å². The number of esters is 1. The van der Waals surface area contributed by atoms with Crippen LogP contribution < -0.4 is 10.2 Å². The second-order valence-electron chi connectivity index (χ2n) is 6.65. The third-order valence-corrected chi connectivity index (χ3v) is 4.34. The van der Waals surface area contributed by atoms with Crippen molar-refractivity contribution in [1.29, 1.82) is 0 Å². The molecule has 0 unspecified atom stereocenters. The molecule has 0 heterocycles. The van der Waals surface area contributed by atoms with E-state index >= 15 is 0 Å². The first kappa shape index (κ1) is 23.5. The predicted octanol–water partition coefficient (Wildman–Crippen LogP) is 3.89. The van der Waals surface area contributed by atoms with Gasteiger partial charge in [0.05, 0.1) is 16.1 Å². The highest BCUT2D eigenvalue weighted by Crippen LogP contribution is 2.23. The van der Waals surface area contributed by atoms with Crippen molar-refractivity contribution < 1.29 is 24.2 Å². The molecule has 34 heavy (non-hydrogen) atoms. The number of carbonyl (C=O) groups excluding carboxylic acids is 2. The van der Waals surface area contributed by atoms with Crippen molar-refractivity contribution in [3.8, 4) is 5.75 Å². The summed E-state index contributed by atoms with van der Waals surface area (Å²) in [6, 6.07) is 17.4. The lowest BCUT2D eigenvalue weighted by Gasteiger charge is -2.06. The van der Waals surface area contributed by atoms with E-state index in [1.54, 1.807) is 30.3 Å². The van der Waals surface area contributed by atoms with Gasteiger partial charge in [-0.05, 0) is 29.8 Å². The van der Waals surface area contributed by atoms with Crippen LogP contribution in [0.5, 0.6) is 5.75 Å². The zero-order valence-electron chi connectivity index (χ0n) is 17.4. The average molecular weight is 460 g/mol. The number of hydrogen-bond acceptors (Lipinski definition) is 8. The summed E-state index contributed by atoms with van der Waals surface area (Å²) in [6.07, 6.45) is 3.83. The Morgan fingerprint density at radius 2 is 1.53 bits per heavy atom. The molecule has 0 atom stereocenters. The topological polar surface area (TPSA) is 154 Å². The molecule has 1 N–H and O–H groups in total. The maximum atomic E-state index is 12.2. The lowest BCUT2D eigenvalue weighted by Crippen LogP contribution is -2.17. The van der Waals surface area contributed by atoms with Gasteiger partial charge in [0.1, 0.15) is 5.75 Å². The molecule has 3 rings (SSSR count). The smallest absolute Gasteiger partial charge is 0.336 e. The van der Waals surface area contributed by atoms with Gasteiger partial charge in [-0.1, -0.05) is 30.3 Å². The summed E-state index contributed by atoms with van der Waals surface area (Å²) in [5, 5.41) is 25.6. The van der Waals surface area contributed by atoms with Gasteiger partial charge < -0.3 is 4.74 Å². The number of benzene rings is 3. The lowest BCUT2D eigenvalue weighted by molar-refractivity contribution is -0.385. The SMILES string of the molecule is O=C(/C=C/c1ccccc1)Oc1ccc([N+](=O)[O-])cc1/C=N/NC(=O)c1ccc([N+](=O)[O-])cc1. The summed E-state index contributed by atoms with van der Waals surface area (Å²) < 4.78 is 5.26. The van der Waals surface area contributed by atoms with Crippen LogP contribution in [0.3, 0.4) is 0 Å². The molecule has 3 aromatic carbocycles. The molecule has 0 bridgehead atoms. The molecular formula is C23H16N4O7. The summed E-state index contributed by atoms with van der Waals surface area (Å²) in [6.45, 7) is 0. The Labute approximate surface area is 192 Å². The number of hydrogen-bond donors (Lipinski definition) is 1. The van der Waals surface area contributed by atoms with Gasteiger partial charge in [0.15, 0.2) is 0 Å². The van der Waals surface area contributed by atoms with E-state index in [9.17, 15) is 29.8 Å². The maximum Gasteiger partial charge on any atom is 0.336 e. The second-order valence-corrected chi connectivity index (χ2v) is 6.65. The van der Waals surface area contributed by atoms with Crippen LogP contribution in [0.4, 0.5) is 11.4 Å². The van der Waals surface area contributed by atoms with Gasteiger partial charge in [0.2, 0.25) is 0 Å². The number of ether oxygens (including phenoxy) is 1. The largest absolute Gasteiger partial charge is 0.423 e. The molecule has 0 saturated heterocycles. The molecule has 0 fully saturated rings. The van der Waals surface area contributed by atoms with E-state index in [1.807, 2.05) is 6.07 Å². The van der Waals surface area contributed by atoms with Crippen molar-refractivity contribution in [2.45, 2.75) is 0 Å². The number of nitrogens with zero attached hydrogens (tertiary/aromatic N) is 3. The van der Waals surface area contributed by atoms with Crippen molar-refractivity contribution in [2.24, 2.45) is 5.10 Å². The predicted molar refractivity (Wildman–Crippen MR) is 122 cm³/mol. The minimum Gasteiger partial charge on any atom is -0.423 e. The highest BCUT2D eigenvalue weighted by Gasteiger charge is 2.13. The molecule has 0 aliphatic heterocycles. The third-order valence-electron chi connectivity index (χ3n) is 4.34. The van der Waals surface area contributed by atoms with Crippen molar-refractivity contribution >= 4 is 35.5 Å². The van der Waals surface area contributed by atoms with Gasteiger partial charge in [0.25, 0.3) is 17.3 Å². The van der Waals surface area contributed by atoms with Gasteiger partial charge in [-0.15, -0.1) is 0 Å². The highest BCUT2D eigenvalue weighted by molar-refractivity contribution is 5.96. The second kappa shape index (κ2) is 10.9. The van der Waals surface area contributed by atoms with Gasteiger partial charge >= 0.3 is 5.97 Å². The fourth-order valence-electron chi connectivity index (χ4n) is 2.67. The van der Waals surface area contributed by atoms with Crippen LogP contribution in [-0.2, 0) is 4.79 Å². The summed E-state index contributed by atoms with van der Waals surface area (Å²) in [5.74, 6) is -1.40. The Morgan fingerprint density at radius 3 is 2.18 bits per heavy atom. The lowest BCUT2D eigenvalue weighted by atomic mass is 10.2. The molecule has 11 heteroatoms. The Kier molecular flexibility index (Phi) is 7.53. The first-order valence-corrected chi connectivity index (χ1v) is 9.65. The monoisotopic (exact) mass is 460 g/mol. The van der Waals surface area contributed by atoms with E-state index in [4.69, 9.17) is 4.74 Å². The number of nitrogens with one attached hydrogen (secondary N) is 1. The van der Waals surface area contributed by atoms with E-state index in [2.05, 4.69) is 10.5 Å². The molecule has 1 amide bonds. The van der Waals surface area contributed by atoms with Gasteiger partial charge in [-0.3, -0.25) is 25.0 Å². The van der Waals surface area contributed by atoms with Crippen molar-refractivity contribution in [3.05, 3.63) is 116 Å². The van der Waals surface area contributed by atoms with E-state index in [0.29, 0.717) is 0 Å². The molecule has 11 nitrogen and oxygen atoms in total. The highest BCUT2D eigenvalue weighted by atomic mass is 16.6. The minimum absolute atomic E-state index is 0.0124. The molecule has 0 saturated carbocycles. The van der Waals surface area contributed by atoms with Crippen LogP contribution >= 0.6 is 0 Å². The zero-order chi connectivity index (χ0) is 24.5. The molecular weight excluding hydrogens is 444 g/mol. The summed E-state index contributed by atoms with van der Waals surface area (Å²) in [4.78, 5) is 45.0. The number of amides is 1. The van der Waals surface area contributed by atoms with Gasteiger partial charge in [-0.2, -0.15) is 5.10 Å². The Balaban J connectivity index is 1.74. The molecule has 0 aliphatic rings. The third kappa shape index (κ3) is 6.40. The normalized spacial score (nSPS) is 10.8. The van der Waals surface area contributed by atoms with Crippen molar-refractivity contribution in [2.75, 3.05) is 0 Å². The minimum atomic E-state index is -0.720. The zero-order valence-corrected chi connectivity index (χ0v) is 17.4. The molecule has 0 aromatic heterocycles. The summed E-state index contributed by atoms with van der Waals surface area (Å²) in [5.41, 5.74) is 2.71. The number of rotatable bonds is 8. The number of nitro benzene ring substituents is 2. The van der Waals surface area contributed by atoms with E-state index in [1.165, 1.54) is 36.4 Å². The molecule has 3 aromatic rings. The fraction of sp³-hybridized carbons (Fsp3) is 0. The van der Waals surface area contributed by atoms with Crippen LogP contribution in [0.25, 0.3) is 6.08 Å². The summed E-state index contributed by atoms with van der Waals surface area (Å²) in [7, 11) is 0. The number of nitro groups is 2. The quantitative estimate of drug-likeness (QED) is 0.134. The molecule has 0 radical (unpaired) electrons. The summed E-state index contributed by atoms with van der Waals surface area (Å²) >= 11 is 0. The number of non-ortho nitro benzene ring substituents is 2. The van der Waals surface area contributed by atoms with Crippen molar-refractivity contribution in [1.82, 2.24) is 5.43 Å². The first-order chi connectivity index (χ1) is 16.3. The first-order valence-electron chi connectivity index (χ1n) is 9.65. The number of hydrazone groups is 1. The van der Waals surface area contributed by atoms with Crippen LogP contribution in [0.2, 0.25) is 0 Å². The van der Waals surface area contributed by atoms with E-state index in [0.717, 1.165) is 23.9 Å². The Morgan fingerprint density at radius 1 is 0.882 bits per heavy atom. The van der Waals surface area contributed by atoms with Crippen LogP contribution in [0.1, 0.15) is 21.5 Å².